The van der Waals surface area contributed by atoms with Crippen LogP contribution in [0.4, 0.5) is 0 Å². The smallest absolute Gasteiger partial charge is 0.151 e. The maximum absolute atomic E-state index is 10.8. The average molecular weight is 257 g/mol. The van der Waals surface area contributed by atoms with Gasteiger partial charge in [-0.2, -0.15) is 0 Å². The van der Waals surface area contributed by atoms with Crippen LogP contribution in [0.1, 0.15) is 12.7 Å². The lowest BCUT2D eigenvalue weighted by molar-refractivity contribution is -0.115. The molecule has 2 rings (SSSR count). The molecule has 0 atom stereocenters. The molecular formula is C15H15NO3. The molecule has 0 radical (unpaired) electrons. The summed E-state index contributed by atoms with van der Waals surface area (Å²) in [6, 6.07) is 11.3. The number of ether oxygens (including phenoxy) is 1. The Balaban J connectivity index is 2.21. The van der Waals surface area contributed by atoms with Crippen molar-refractivity contribution in [3.63, 3.8) is 0 Å². The van der Waals surface area contributed by atoms with Gasteiger partial charge in [-0.05, 0) is 31.2 Å². The molecule has 2 aromatic rings. The molecule has 0 saturated heterocycles. The van der Waals surface area contributed by atoms with Gasteiger partial charge in [-0.15, -0.1) is 0 Å². The summed E-state index contributed by atoms with van der Waals surface area (Å²) in [7, 11) is 1.62. The highest BCUT2D eigenvalue weighted by molar-refractivity contribution is 5.83. The standard InChI is InChI=1S/C15H15NO3/c1-11(17)9-16-10-12-7-8-15(19-12)13-5-3-4-6-14(13)18-2/h3-8,10H,9H2,1-2H3. The lowest BCUT2D eigenvalue weighted by Crippen LogP contribution is -1.94. The second-order valence-electron chi connectivity index (χ2n) is 4.07. The summed E-state index contributed by atoms with van der Waals surface area (Å²) >= 11 is 0. The SMILES string of the molecule is COc1ccccc1-c1ccc(C=NCC(C)=O)o1. The molecule has 0 amide bonds. The number of ketones is 1. The third kappa shape index (κ3) is 3.31. The van der Waals surface area contributed by atoms with Crippen molar-refractivity contribution in [3.05, 3.63) is 42.2 Å². The predicted molar refractivity (Wildman–Crippen MR) is 73.8 cm³/mol. The first-order chi connectivity index (χ1) is 9.20. The van der Waals surface area contributed by atoms with E-state index < -0.39 is 0 Å². The Bertz CT molecular complexity index is 599. The van der Waals surface area contributed by atoms with Crippen molar-refractivity contribution in [2.24, 2.45) is 4.99 Å². The van der Waals surface area contributed by atoms with Crippen LogP contribution in [0.2, 0.25) is 0 Å². The highest BCUT2D eigenvalue weighted by Crippen LogP contribution is 2.30. The number of carbonyl (C=O) groups is 1. The normalized spacial score (nSPS) is 10.8. The maximum Gasteiger partial charge on any atom is 0.151 e. The average Bonchev–Trinajstić information content (AvgIpc) is 2.87. The van der Waals surface area contributed by atoms with E-state index in [1.165, 1.54) is 6.92 Å². The van der Waals surface area contributed by atoms with Crippen LogP contribution in [0.3, 0.4) is 0 Å². The number of methoxy groups -OCH3 is 1. The number of Topliss-reactive ketones (excluding diaryl/α,β-unsaturated/α-hetero) is 1. The van der Waals surface area contributed by atoms with Gasteiger partial charge in [0.1, 0.15) is 17.3 Å². The van der Waals surface area contributed by atoms with Crippen LogP contribution in [-0.2, 0) is 4.79 Å². The van der Waals surface area contributed by atoms with E-state index in [0.29, 0.717) is 11.5 Å². The molecule has 19 heavy (non-hydrogen) atoms. The monoisotopic (exact) mass is 257 g/mol. The highest BCUT2D eigenvalue weighted by Gasteiger charge is 2.08. The summed E-state index contributed by atoms with van der Waals surface area (Å²) in [5.74, 6) is 2.10. The molecule has 0 aliphatic rings. The van der Waals surface area contributed by atoms with Crippen LogP contribution >= 0.6 is 0 Å². The minimum atomic E-state index is 0.0211. The summed E-state index contributed by atoms with van der Waals surface area (Å²) in [5, 5.41) is 0. The van der Waals surface area contributed by atoms with Gasteiger partial charge in [0.2, 0.25) is 0 Å². The first-order valence-corrected chi connectivity index (χ1v) is 5.93. The quantitative estimate of drug-likeness (QED) is 0.774. The predicted octanol–water partition coefficient (Wildman–Crippen LogP) is 2.96. The van der Waals surface area contributed by atoms with E-state index >= 15 is 0 Å². The third-order valence-corrected chi connectivity index (χ3v) is 2.53. The van der Waals surface area contributed by atoms with E-state index in [1.54, 1.807) is 13.3 Å². The van der Waals surface area contributed by atoms with E-state index in [4.69, 9.17) is 9.15 Å². The molecule has 0 spiro atoms. The molecule has 1 heterocycles. The Kier molecular flexibility index (Phi) is 4.13. The van der Waals surface area contributed by atoms with Crippen LogP contribution in [-0.4, -0.2) is 25.7 Å². The van der Waals surface area contributed by atoms with Crippen molar-refractivity contribution in [2.45, 2.75) is 6.92 Å². The minimum Gasteiger partial charge on any atom is -0.496 e. The van der Waals surface area contributed by atoms with Gasteiger partial charge in [-0.25, -0.2) is 0 Å². The molecular weight excluding hydrogens is 242 g/mol. The first kappa shape index (κ1) is 13.1. The second-order valence-corrected chi connectivity index (χ2v) is 4.07. The Morgan fingerprint density at radius 3 is 2.84 bits per heavy atom. The van der Waals surface area contributed by atoms with Gasteiger partial charge in [0, 0.05) is 0 Å². The molecule has 98 valence electrons. The van der Waals surface area contributed by atoms with Crippen LogP contribution in [0.25, 0.3) is 11.3 Å². The topological polar surface area (TPSA) is 51.8 Å². The number of rotatable bonds is 5. The number of hydrogen-bond donors (Lipinski definition) is 0. The van der Waals surface area contributed by atoms with Crippen LogP contribution in [0.15, 0.2) is 45.8 Å². The molecule has 0 aliphatic carbocycles. The summed E-state index contributed by atoms with van der Waals surface area (Å²) in [6.45, 7) is 1.67. The van der Waals surface area contributed by atoms with E-state index in [1.807, 2.05) is 36.4 Å². The number of carbonyl (C=O) groups excluding carboxylic acids is 1. The van der Waals surface area contributed by atoms with Crippen molar-refractivity contribution in [2.75, 3.05) is 13.7 Å². The molecule has 4 heteroatoms. The summed E-state index contributed by atoms with van der Waals surface area (Å²) in [5.41, 5.74) is 0.885. The van der Waals surface area contributed by atoms with Crippen molar-refractivity contribution in [1.29, 1.82) is 0 Å². The minimum absolute atomic E-state index is 0.0211. The Morgan fingerprint density at radius 1 is 1.32 bits per heavy atom. The van der Waals surface area contributed by atoms with E-state index in [-0.39, 0.29) is 12.3 Å². The molecule has 1 aromatic heterocycles. The molecule has 0 N–H and O–H groups in total. The second kappa shape index (κ2) is 6.00. The molecule has 0 unspecified atom stereocenters. The largest absolute Gasteiger partial charge is 0.496 e. The van der Waals surface area contributed by atoms with Crippen molar-refractivity contribution >= 4 is 12.0 Å². The van der Waals surface area contributed by atoms with Crippen LogP contribution in [0.5, 0.6) is 5.75 Å². The fraction of sp³-hybridized carbons (Fsp3) is 0.200. The maximum atomic E-state index is 10.8. The van der Waals surface area contributed by atoms with E-state index in [0.717, 1.165) is 11.3 Å². The van der Waals surface area contributed by atoms with E-state index in [2.05, 4.69) is 4.99 Å². The van der Waals surface area contributed by atoms with Crippen LogP contribution in [0, 0.1) is 0 Å². The summed E-state index contributed by atoms with van der Waals surface area (Å²) in [4.78, 5) is 14.8. The first-order valence-electron chi connectivity index (χ1n) is 5.93. The number of nitrogens with zero attached hydrogens (tertiary/aromatic N) is 1. The lowest BCUT2D eigenvalue weighted by Gasteiger charge is -2.04. The Hall–Kier alpha value is -2.36. The van der Waals surface area contributed by atoms with Gasteiger partial charge < -0.3 is 9.15 Å². The Morgan fingerprint density at radius 2 is 2.11 bits per heavy atom. The number of furan rings is 1. The molecule has 1 aromatic carbocycles. The number of benzene rings is 1. The van der Waals surface area contributed by atoms with Crippen LogP contribution < -0.4 is 4.74 Å². The van der Waals surface area contributed by atoms with Gasteiger partial charge >= 0.3 is 0 Å². The van der Waals surface area contributed by atoms with Gasteiger partial charge in [0.15, 0.2) is 5.78 Å². The molecule has 0 bridgehead atoms. The Labute approximate surface area is 111 Å². The number of hydrogen-bond acceptors (Lipinski definition) is 4. The number of aliphatic imine (C=N–C) groups is 1. The lowest BCUT2D eigenvalue weighted by atomic mass is 10.1. The zero-order valence-corrected chi connectivity index (χ0v) is 10.9. The molecule has 0 saturated carbocycles. The molecule has 0 aliphatic heterocycles. The highest BCUT2D eigenvalue weighted by atomic mass is 16.5. The zero-order valence-electron chi connectivity index (χ0n) is 10.9. The van der Waals surface area contributed by atoms with E-state index in [9.17, 15) is 4.79 Å². The summed E-state index contributed by atoms with van der Waals surface area (Å²) in [6.07, 6.45) is 1.56. The van der Waals surface area contributed by atoms with Gasteiger partial charge in [0.05, 0.1) is 25.4 Å². The third-order valence-electron chi connectivity index (χ3n) is 2.53. The fourth-order valence-corrected chi connectivity index (χ4v) is 1.68. The van der Waals surface area contributed by atoms with Crippen molar-refractivity contribution in [3.8, 4) is 17.1 Å². The van der Waals surface area contributed by atoms with Crippen molar-refractivity contribution < 1.29 is 13.9 Å². The number of para-hydroxylation sites is 1. The van der Waals surface area contributed by atoms with Gasteiger partial charge in [0.25, 0.3) is 0 Å². The van der Waals surface area contributed by atoms with Gasteiger partial charge in [-0.1, -0.05) is 12.1 Å². The fourth-order valence-electron chi connectivity index (χ4n) is 1.68. The molecule has 4 nitrogen and oxygen atoms in total. The van der Waals surface area contributed by atoms with Gasteiger partial charge in [-0.3, -0.25) is 9.79 Å². The molecule has 0 fully saturated rings. The summed E-state index contributed by atoms with van der Waals surface area (Å²) < 4.78 is 10.9. The van der Waals surface area contributed by atoms with Crippen molar-refractivity contribution in [1.82, 2.24) is 0 Å². The zero-order chi connectivity index (χ0) is 13.7.